The van der Waals surface area contributed by atoms with Gasteiger partial charge in [-0.3, -0.25) is 4.79 Å². The first-order valence-electron chi connectivity index (χ1n) is 9.56. The van der Waals surface area contributed by atoms with E-state index in [0.717, 1.165) is 11.3 Å². The summed E-state index contributed by atoms with van der Waals surface area (Å²) in [7, 11) is 1.59. The smallest absolute Gasteiger partial charge is 0.338 e. The number of allylic oxidation sites excluding steroid dienone is 1. The molecule has 3 unspecified atom stereocenters. The van der Waals surface area contributed by atoms with Crippen molar-refractivity contribution in [2.45, 2.75) is 31.5 Å². The Morgan fingerprint density at radius 3 is 2.48 bits per heavy atom. The Morgan fingerprint density at radius 2 is 1.79 bits per heavy atom. The molecule has 6 heteroatoms. The van der Waals surface area contributed by atoms with Gasteiger partial charge in [-0.15, -0.1) is 0 Å². The fraction of sp³-hybridized carbons (Fsp3) is 0.304. The highest BCUT2D eigenvalue weighted by molar-refractivity contribution is 6.22. The first-order chi connectivity index (χ1) is 14.0. The number of Topliss-reactive ketones (excluding diaryl/α,β-unsaturated/α-hetero) is 1. The van der Waals surface area contributed by atoms with Crippen LogP contribution in [0.5, 0.6) is 5.75 Å². The molecule has 0 saturated heterocycles. The molecule has 0 radical (unpaired) electrons. The molecule has 1 saturated carbocycles. The molecule has 2 aromatic carbocycles. The van der Waals surface area contributed by atoms with Gasteiger partial charge in [-0.25, -0.2) is 9.18 Å². The lowest BCUT2D eigenvalue weighted by molar-refractivity contribution is -0.126. The van der Waals surface area contributed by atoms with E-state index in [1.165, 1.54) is 30.5 Å². The number of halogens is 1. The molecule has 0 spiro atoms. The molecule has 0 amide bonds. The van der Waals surface area contributed by atoms with Gasteiger partial charge in [0.15, 0.2) is 5.78 Å². The van der Waals surface area contributed by atoms with Crippen LogP contribution in [0.4, 0.5) is 4.39 Å². The molecule has 4 rings (SSSR count). The lowest BCUT2D eigenvalue weighted by Gasteiger charge is -2.37. The Morgan fingerprint density at radius 1 is 1.07 bits per heavy atom. The quantitative estimate of drug-likeness (QED) is 0.726. The summed E-state index contributed by atoms with van der Waals surface area (Å²) in [5.74, 6) is -0.381. The topological polar surface area (TPSA) is 61.8 Å². The maximum absolute atomic E-state index is 13.0. The second kappa shape index (κ2) is 8.07. The number of hydrogen-bond donors (Lipinski definition) is 0. The van der Waals surface area contributed by atoms with Crippen molar-refractivity contribution in [1.82, 2.24) is 0 Å². The number of ketones is 1. The lowest BCUT2D eigenvalue weighted by atomic mass is 9.78. The average Bonchev–Trinajstić information content (AvgIpc) is 2.74. The maximum atomic E-state index is 13.0. The normalized spacial score (nSPS) is 23.4. The molecular weight excluding hydrogens is 375 g/mol. The summed E-state index contributed by atoms with van der Waals surface area (Å²) in [6.45, 7) is 0. The molecule has 1 fully saturated rings. The maximum Gasteiger partial charge on any atom is 0.338 e. The molecular formula is C23H21FO5. The molecule has 2 aliphatic rings. The van der Waals surface area contributed by atoms with Crippen molar-refractivity contribution in [3.05, 3.63) is 71.7 Å². The van der Waals surface area contributed by atoms with Crippen LogP contribution < -0.4 is 4.74 Å². The van der Waals surface area contributed by atoms with Gasteiger partial charge in [0.25, 0.3) is 0 Å². The van der Waals surface area contributed by atoms with E-state index >= 15 is 0 Å². The van der Waals surface area contributed by atoms with Crippen molar-refractivity contribution >= 4 is 17.3 Å². The first-order valence-corrected chi connectivity index (χ1v) is 9.56. The van der Waals surface area contributed by atoms with Crippen LogP contribution in [-0.4, -0.2) is 31.1 Å². The zero-order chi connectivity index (χ0) is 20.4. The van der Waals surface area contributed by atoms with Crippen LogP contribution in [0.1, 0.15) is 35.2 Å². The van der Waals surface area contributed by atoms with E-state index in [1.807, 2.05) is 12.1 Å². The standard InChI is InChI=1S/C23H21FO5/c1-27-17-8-4-14(5-9-17)20-13-28-21-12-18(10-11-19(21)22(20)25)29-23(26)15-2-6-16(24)7-3-15/h2-9,13,18-19,21H,10-12H2,1H3. The molecule has 0 aromatic heterocycles. The minimum absolute atomic E-state index is 0.0507. The Balaban J connectivity index is 1.42. The lowest BCUT2D eigenvalue weighted by Crippen LogP contribution is -2.41. The highest BCUT2D eigenvalue weighted by atomic mass is 19.1. The number of benzene rings is 2. The zero-order valence-electron chi connectivity index (χ0n) is 16.0. The van der Waals surface area contributed by atoms with Gasteiger partial charge in [-0.05, 0) is 54.8 Å². The summed E-state index contributed by atoms with van der Waals surface area (Å²) in [5, 5.41) is 0. The van der Waals surface area contributed by atoms with Crippen molar-refractivity contribution in [2.24, 2.45) is 5.92 Å². The molecule has 1 aliphatic heterocycles. The van der Waals surface area contributed by atoms with Crippen molar-refractivity contribution in [2.75, 3.05) is 7.11 Å². The summed E-state index contributed by atoms with van der Waals surface area (Å²) in [4.78, 5) is 25.2. The molecule has 1 aliphatic carbocycles. The van der Waals surface area contributed by atoms with E-state index in [4.69, 9.17) is 14.2 Å². The summed E-state index contributed by atoms with van der Waals surface area (Å²) in [6.07, 6.45) is 2.48. The van der Waals surface area contributed by atoms with Crippen molar-refractivity contribution in [3.8, 4) is 5.75 Å². The Hall–Kier alpha value is -3.15. The summed E-state index contributed by atoms with van der Waals surface area (Å²) in [5.41, 5.74) is 1.64. The zero-order valence-corrected chi connectivity index (χ0v) is 16.0. The van der Waals surface area contributed by atoms with Gasteiger partial charge in [0.1, 0.15) is 23.8 Å². The van der Waals surface area contributed by atoms with Gasteiger partial charge in [-0.1, -0.05) is 12.1 Å². The van der Waals surface area contributed by atoms with Crippen LogP contribution in [0.2, 0.25) is 0 Å². The van der Waals surface area contributed by atoms with E-state index in [2.05, 4.69) is 0 Å². The van der Waals surface area contributed by atoms with Crippen LogP contribution in [0.15, 0.2) is 54.8 Å². The third-order valence-corrected chi connectivity index (χ3v) is 5.46. The molecule has 29 heavy (non-hydrogen) atoms. The van der Waals surface area contributed by atoms with Gasteiger partial charge in [-0.2, -0.15) is 0 Å². The fourth-order valence-corrected chi connectivity index (χ4v) is 3.85. The van der Waals surface area contributed by atoms with E-state index in [1.54, 1.807) is 19.2 Å². The van der Waals surface area contributed by atoms with Gasteiger partial charge in [0.05, 0.1) is 30.4 Å². The molecule has 0 bridgehead atoms. The number of rotatable bonds is 4. The molecule has 3 atom stereocenters. The SMILES string of the molecule is COc1ccc(C2=COC3CC(OC(=O)c4ccc(F)cc4)CCC3C2=O)cc1. The Labute approximate surface area is 168 Å². The average molecular weight is 396 g/mol. The Kier molecular flexibility index (Phi) is 5.34. The number of esters is 1. The van der Waals surface area contributed by atoms with Crippen LogP contribution in [0.25, 0.3) is 5.57 Å². The number of carbonyl (C=O) groups excluding carboxylic acids is 2. The monoisotopic (exact) mass is 396 g/mol. The van der Waals surface area contributed by atoms with Crippen molar-refractivity contribution < 1.29 is 28.2 Å². The largest absolute Gasteiger partial charge is 0.497 e. The minimum atomic E-state index is -0.495. The molecule has 0 N–H and O–H groups in total. The molecule has 1 heterocycles. The summed E-state index contributed by atoms with van der Waals surface area (Å²) < 4.78 is 29.6. The highest BCUT2D eigenvalue weighted by Crippen LogP contribution is 2.37. The van der Waals surface area contributed by atoms with Crippen LogP contribution in [0, 0.1) is 11.7 Å². The summed E-state index contributed by atoms with van der Waals surface area (Å²) >= 11 is 0. The predicted molar refractivity (Wildman–Crippen MR) is 104 cm³/mol. The molecule has 2 aromatic rings. The second-order valence-electron chi connectivity index (χ2n) is 7.25. The number of carbonyl (C=O) groups is 2. The third kappa shape index (κ3) is 4.01. The number of hydrogen-bond acceptors (Lipinski definition) is 5. The third-order valence-electron chi connectivity index (χ3n) is 5.46. The van der Waals surface area contributed by atoms with Crippen LogP contribution >= 0.6 is 0 Å². The van der Waals surface area contributed by atoms with Crippen LogP contribution in [-0.2, 0) is 14.3 Å². The molecule has 150 valence electrons. The van der Waals surface area contributed by atoms with Crippen molar-refractivity contribution in [1.29, 1.82) is 0 Å². The van der Waals surface area contributed by atoms with E-state index in [0.29, 0.717) is 30.4 Å². The van der Waals surface area contributed by atoms with Crippen LogP contribution in [0.3, 0.4) is 0 Å². The minimum Gasteiger partial charge on any atom is -0.497 e. The van der Waals surface area contributed by atoms with Gasteiger partial charge >= 0.3 is 5.97 Å². The van der Waals surface area contributed by atoms with E-state index < -0.39 is 11.8 Å². The fourth-order valence-electron chi connectivity index (χ4n) is 3.85. The number of ether oxygens (including phenoxy) is 3. The predicted octanol–water partition coefficient (Wildman–Crippen LogP) is 4.17. The molecule has 5 nitrogen and oxygen atoms in total. The second-order valence-corrected chi connectivity index (χ2v) is 7.25. The number of fused-ring (bicyclic) bond motifs is 1. The van der Waals surface area contributed by atoms with Gasteiger partial charge < -0.3 is 14.2 Å². The first kappa shape index (κ1) is 19.2. The number of methoxy groups -OCH3 is 1. The van der Waals surface area contributed by atoms with E-state index in [9.17, 15) is 14.0 Å². The van der Waals surface area contributed by atoms with Gasteiger partial charge in [0, 0.05) is 6.42 Å². The Bertz CT molecular complexity index is 933. The highest BCUT2D eigenvalue weighted by Gasteiger charge is 2.41. The van der Waals surface area contributed by atoms with Crippen molar-refractivity contribution in [3.63, 3.8) is 0 Å². The van der Waals surface area contributed by atoms with Gasteiger partial charge in [0.2, 0.25) is 0 Å². The van der Waals surface area contributed by atoms with E-state index in [-0.39, 0.29) is 23.9 Å². The summed E-state index contributed by atoms with van der Waals surface area (Å²) in [6, 6.07) is 12.5.